The average molecular weight is 465 g/mol. The largest absolute Gasteiger partial charge is 0.493 e. The number of nitro benzene ring substituents is 1. The van der Waals surface area contributed by atoms with Crippen LogP contribution in [-0.4, -0.2) is 44.1 Å². The molecule has 3 aromatic rings. The van der Waals surface area contributed by atoms with Crippen molar-refractivity contribution in [3.8, 4) is 23.0 Å². The normalized spacial score (nSPS) is 10.6. The van der Waals surface area contributed by atoms with Crippen LogP contribution in [-0.2, 0) is 0 Å². The lowest BCUT2D eigenvalue weighted by molar-refractivity contribution is -0.385. The van der Waals surface area contributed by atoms with Gasteiger partial charge in [0.2, 0.25) is 5.75 Å². The highest BCUT2D eigenvalue weighted by atomic mass is 16.6. The van der Waals surface area contributed by atoms with Gasteiger partial charge in [-0.3, -0.25) is 14.9 Å². The van der Waals surface area contributed by atoms with Crippen LogP contribution in [0.1, 0.15) is 15.9 Å². The fourth-order valence-corrected chi connectivity index (χ4v) is 3.21. The second kappa shape index (κ2) is 10.8. The third kappa shape index (κ3) is 5.23. The maximum atomic E-state index is 12.9. The topological polar surface area (TPSA) is 122 Å². The second-order valence-electron chi connectivity index (χ2n) is 6.82. The first-order chi connectivity index (χ1) is 16.4. The number of nitrogens with zero attached hydrogens (tertiary/aromatic N) is 2. The first-order valence-electron chi connectivity index (χ1n) is 9.98. The summed E-state index contributed by atoms with van der Waals surface area (Å²) < 4.78 is 21.1. The molecule has 1 aromatic heterocycles. The number of pyridine rings is 1. The first kappa shape index (κ1) is 24.1. The Morgan fingerprint density at radius 3 is 2.24 bits per heavy atom. The fourth-order valence-electron chi connectivity index (χ4n) is 3.21. The highest BCUT2D eigenvalue weighted by molar-refractivity contribution is 6.10. The van der Waals surface area contributed by atoms with Gasteiger partial charge in [-0.1, -0.05) is 12.1 Å². The van der Waals surface area contributed by atoms with Crippen LogP contribution in [0.4, 0.5) is 17.2 Å². The summed E-state index contributed by atoms with van der Waals surface area (Å²) in [5.74, 6) is 1.42. The minimum atomic E-state index is -0.543. The molecule has 0 aliphatic rings. The van der Waals surface area contributed by atoms with E-state index >= 15 is 0 Å². The number of allylic oxidation sites excluding steroid dienone is 1. The Bertz CT molecular complexity index is 1220. The summed E-state index contributed by atoms with van der Waals surface area (Å²) in [5.41, 5.74) is 1.15. The molecule has 10 nitrogen and oxygen atoms in total. The predicted octanol–water partition coefficient (Wildman–Crippen LogP) is 4.66. The number of nitro groups is 1. The van der Waals surface area contributed by atoms with Crippen LogP contribution in [0.2, 0.25) is 0 Å². The Balaban J connectivity index is 1.89. The number of nitrogens with one attached hydrogen (secondary N) is 1. The Labute approximate surface area is 195 Å². The molecule has 0 saturated carbocycles. The molecule has 0 amide bonds. The van der Waals surface area contributed by atoms with Crippen molar-refractivity contribution in [3.63, 3.8) is 0 Å². The van der Waals surface area contributed by atoms with Gasteiger partial charge in [-0.2, -0.15) is 0 Å². The average Bonchev–Trinajstić information content (AvgIpc) is 2.86. The Kier molecular flexibility index (Phi) is 7.65. The van der Waals surface area contributed by atoms with Crippen molar-refractivity contribution < 1.29 is 28.7 Å². The molecule has 0 fully saturated rings. The third-order valence-electron chi connectivity index (χ3n) is 4.83. The van der Waals surface area contributed by atoms with Gasteiger partial charge >= 0.3 is 5.69 Å². The quantitative estimate of drug-likeness (QED) is 0.197. The molecule has 0 atom stereocenters. The summed E-state index contributed by atoms with van der Waals surface area (Å²) in [6.07, 6.45) is 4.36. The first-order valence-corrected chi connectivity index (χ1v) is 9.98. The summed E-state index contributed by atoms with van der Waals surface area (Å²) in [5, 5.41) is 14.3. The summed E-state index contributed by atoms with van der Waals surface area (Å²) in [7, 11) is 5.87. The lowest BCUT2D eigenvalue weighted by atomic mass is 10.1. The number of carbonyl (C=O) groups is 1. The van der Waals surface area contributed by atoms with Gasteiger partial charge in [-0.25, -0.2) is 4.98 Å². The van der Waals surface area contributed by atoms with Crippen LogP contribution in [0.15, 0.2) is 54.7 Å². The van der Waals surface area contributed by atoms with Crippen molar-refractivity contribution in [1.29, 1.82) is 0 Å². The molecule has 0 saturated heterocycles. The van der Waals surface area contributed by atoms with E-state index in [1.165, 1.54) is 52.7 Å². The van der Waals surface area contributed by atoms with Gasteiger partial charge in [0, 0.05) is 30.1 Å². The van der Waals surface area contributed by atoms with Crippen molar-refractivity contribution in [2.75, 3.05) is 33.8 Å². The zero-order valence-electron chi connectivity index (χ0n) is 19.0. The summed E-state index contributed by atoms with van der Waals surface area (Å²) in [4.78, 5) is 27.9. The van der Waals surface area contributed by atoms with E-state index in [9.17, 15) is 14.9 Å². The van der Waals surface area contributed by atoms with Crippen molar-refractivity contribution in [1.82, 2.24) is 4.98 Å². The number of anilines is 2. The maximum Gasteiger partial charge on any atom is 0.311 e. The van der Waals surface area contributed by atoms with Crippen molar-refractivity contribution >= 4 is 29.1 Å². The number of ketones is 1. The van der Waals surface area contributed by atoms with Crippen LogP contribution < -0.4 is 24.3 Å². The third-order valence-corrected chi connectivity index (χ3v) is 4.83. The van der Waals surface area contributed by atoms with E-state index < -0.39 is 4.92 Å². The molecule has 0 unspecified atom stereocenters. The molecular weight excluding hydrogens is 442 g/mol. The number of hydrogen-bond donors (Lipinski definition) is 1. The van der Waals surface area contributed by atoms with Crippen LogP contribution in [0.25, 0.3) is 6.08 Å². The molecule has 1 heterocycles. The van der Waals surface area contributed by atoms with E-state index in [4.69, 9.17) is 18.9 Å². The molecule has 2 aromatic carbocycles. The van der Waals surface area contributed by atoms with Crippen molar-refractivity contribution in [2.45, 2.75) is 0 Å². The maximum absolute atomic E-state index is 12.9. The van der Waals surface area contributed by atoms with E-state index in [1.54, 1.807) is 36.5 Å². The summed E-state index contributed by atoms with van der Waals surface area (Å²) in [6, 6.07) is 11.1. The Hall–Kier alpha value is -4.60. The van der Waals surface area contributed by atoms with E-state index in [2.05, 4.69) is 10.3 Å². The summed E-state index contributed by atoms with van der Waals surface area (Å²) in [6.45, 7) is 0. The van der Waals surface area contributed by atoms with Gasteiger partial charge in [-0.05, 0) is 29.8 Å². The number of methoxy groups -OCH3 is 4. The van der Waals surface area contributed by atoms with E-state index in [1.807, 2.05) is 0 Å². The van der Waals surface area contributed by atoms with E-state index in [0.717, 1.165) is 0 Å². The van der Waals surface area contributed by atoms with Gasteiger partial charge in [0.15, 0.2) is 23.0 Å². The molecular formula is C24H23N3O7. The SMILES string of the molecule is COc1ccc(/C=C/C(=O)c2cccnc2Nc2cc(OC)c(OC)c(OC)c2)cc1[N+](=O)[O-]. The molecule has 0 spiro atoms. The van der Waals surface area contributed by atoms with Gasteiger partial charge in [-0.15, -0.1) is 0 Å². The van der Waals surface area contributed by atoms with Crippen LogP contribution in [0, 0.1) is 10.1 Å². The predicted molar refractivity (Wildman–Crippen MR) is 127 cm³/mol. The lowest BCUT2D eigenvalue weighted by Crippen LogP contribution is -2.04. The standard InChI is InChI=1S/C24H23N3O7/c1-31-20-10-8-15(12-18(20)27(29)30)7-9-19(28)17-6-5-11-25-24(17)26-16-13-21(32-2)23(34-4)22(14-16)33-3/h5-14H,1-4H3,(H,25,26)/b9-7+. The molecule has 10 heteroatoms. The van der Waals surface area contributed by atoms with Gasteiger partial charge in [0.1, 0.15) is 5.82 Å². The Morgan fingerprint density at radius 2 is 1.65 bits per heavy atom. The minimum absolute atomic E-state index is 0.137. The second-order valence-corrected chi connectivity index (χ2v) is 6.82. The van der Waals surface area contributed by atoms with Crippen LogP contribution in [0.3, 0.4) is 0 Å². The molecule has 34 heavy (non-hydrogen) atoms. The molecule has 176 valence electrons. The molecule has 0 aliphatic heterocycles. The van der Waals surface area contributed by atoms with Crippen LogP contribution in [0.5, 0.6) is 23.0 Å². The molecule has 3 rings (SSSR count). The highest BCUT2D eigenvalue weighted by Crippen LogP contribution is 2.40. The van der Waals surface area contributed by atoms with Crippen molar-refractivity contribution in [2.24, 2.45) is 0 Å². The molecule has 0 radical (unpaired) electrons. The van der Waals surface area contributed by atoms with Crippen LogP contribution >= 0.6 is 0 Å². The molecule has 0 aliphatic carbocycles. The van der Waals surface area contributed by atoms with E-state index in [-0.39, 0.29) is 17.2 Å². The monoisotopic (exact) mass is 465 g/mol. The number of aromatic nitrogens is 1. The fraction of sp³-hybridized carbons (Fsp3) is 0.167. The van der Waals surface area contributed by atoms with Gasteiger partial charge < -0.3 is 24.3 Å². The smallest absolute Gasteiger partial charge is 0.311 e. The lowest BCUT2D eigenvalue weighted by Gasteiger charge is -2.15. The number of hydrogen-bond acceptors (Lipinski definition) is 9. The number of rotatable bonds is 10. The van der Waals surface area contributed by atoms with Gasteiger partial charge in [0.05, 0.1) is 38.9 Å². The zero-order valence-corrected chi connectivity index (χ0v) is 19.0. The number of ether oxygens (including phenoxy) is 4. The summed E-state index contributed by atoms with van der Waals surface area (Å²) >= 11 is 0. The molecule has 1 N–H and O–H groups in total. The zero-order chi connectivity index (χ0) is 24.7. The highest BCUT2D eigenvalue weighted by Gasteiger charge is 2.17. The minimum Gasteiger partial charge on any atom is -0.493 e. The van der Waals surface area contributed by atoms with Crippen molar-refractivity contribution in [3.05, 3.63) is 76.0 Å². The van der Waals surface area contributed by atoms with E-state index in [0.29, 0.717) is 39.9 Å². The van der Waals surface area contributed by atoms with Gasteiger partial charge in [0.25, 0.3) is 0 Å². The Morgan fingerprint density at radius 1 is 0.971 bits per heavy atom. The number of carbonyl (C=O) groups excluding carboxylic acids is 1. The number of benzene rings is 2. The molecule has 0 bridgehead atoms.